The second-order valence-corrected chi connectivity index (χ2v) is 1.27. The Morgan fingerprint density at radius 3 is 2.18 bits per heavy atom. The monoisotopic (exact) mass is 153 g/mol. The van der Waals surface area contributed by atoms with Gasteiger partial charge in [-0.15, -0.1) is 0 Å². The summed E-state index contributed by atoms with van der Waals surface area (Å²) < 4.78 is 0. The first-order valence-electron chi connectivity index (χ1n) is 2.71. The summed E-state index contributed by atoms with van der Waals surface area (Å²) in [6, 6.07) is 1.69. The average molecular weight is 153 g/mol. The summed E-state index contributed by atoms with van der Waals surface area (Å²) in [4.78, 5) is 9.62. The molecule has 11 heavy (non-hydrogen) atoms. The normalized spacial score (nSPS) is 7.18. The van der Waals surface area contributed by atoms with E-state index in [1.165, 1.54) is 18.2 Å². The van der Waals surface area contributed by atoms with Crippen LogP contribution in [0.5, 0.6) is 0 Å². The molecule has 3 heteroatoms. The van der Waals surface area contributed by atoms with Crippen molar-refractivity contribution in [2.24, 2.45) is 0 Å². The van der Waals surface area contributed by atoms with Crippen molar-refractivity contribution in [2.75, 3.05) is 0 Å². The van der Waals surface area contributed by atoms with Crippen molar-refractivity contribution in [3.63, 3.8) is 0 Å². The predicted molar refractivity (Wildman–Crippen MR) is 44.9 cm³/mol. The van der Waals surface area contributed by atoms with Gasteiger partial charge in [-0.3, -0.25) is 0 Å². The molecule has 0 aromatic rings. The highest BCUT2D eigenvalue weighted by molar-refractivity contribution is 5.79. The lowest BCUT2D eigenvalue weighted by Gasteiger charge is -1.70. The summed E-state index contributed by atoms with van der Waals surface area (Å²) >= 11 is 0. The minimum absolute atomic E-state index is 0. The third-order valence-electron chi connectivity index (χ3n) is 0.466. The van der Waals surface area contributed by atoms with Gasteiger partial charge in [0.15, 0.2) is 0 Å². The molecule has 0 spiro atoms. The van der Waals surface area contributed by atoms with Crippen molar-refractivity contribution in [3.8, 4) is 6.07 Å². The molecule has 0 heterocycles. The zero-order valence-corrected chi connectivity index (χ0v) is 6.03. The first-order chi connectivity index (χ1) is 5.18. The summed E-state index contributed by atoms with van der Waals surface area (Å²) in [6.45, 7) is 6.40. The fraction of sp³-hybridized carbons (Fsp3) is 0. The Balaban J connectivity index is -0.000000142. The van der Waals surface area contributed by atoms with E-state index in [1.54, 1.807) is 6.07 Å². The van der Waals surface area contributed by atoms with E-state index in [9.17, 15) is 4.79 Å². The zero-order chi connectivity index (χ0) is 9.11. The summed E-state index contributed by atoms with van der Waals surface area (Å²) in [5, 5.41) is 15.4. The van der Waals surface area contributed by atoms with Gasteiger partial charge in [0, 0.05) is 13.6 Å². The van der Waals surface area contributed by atoms with Gasteiger partial charge in [-0.2, -0.15) is 5.26 Å². The molecule has 1 N–H and O–H groups in total. The Labute approximate surface area is 67.1 Å². The van der Waals surface area contributed by atoms with E-state index in [1.807, 2.05) is 0 Å². The van der Waals surface area contributed by atoms with Gasteiger partial charge in [-0.05, 0) is 0 Å². The molecule has 0 aliphatic rings. The van der Waals surface area contributed by atoms with Gasteiger partial charge in [0.1, 0.15) is 0 Å². The van der Waals surface area contributed by atoms with E-state index in [4.69, 9.17) is 10.4 Å². The summed E-state index contributed by atoms with van der Waals surface area (Å²) in [7, 11) is 0. The van der Waals surface area contributed by atoms with Crippen LogP contribution in [0.1, 0.15) is 1.43 Å². The number of allylic oxidation sites excluding steroid dienone is 3. The second-order valence-electron chi connectivity index (χ2n) is 1.27. The van der Waals surface area contributed by atoms with Crippen LogP contribution in [0, 0.1) is 11.3 Å². The standard InChI is InChI=1S/C5H6O2.C3H3N.H2/c1-2-3-4-5(6)7;1-2-3-4;/h2-4H,1H2,(H,6,7);2H,1H2;1H. The van der Waals surface area contributed by atoms with Crippen LogP contribution >= 0.6 is 0 Å². The topological polar surface area (TPSA) is 61.1 Å². The molecule has 0 saturated heterocycles. The van der Waals surface area contributed by atoms with Gasteiger partial charge < -0.3 is 5.11 Å². The highest BCUT2D eigenvalue weighted by Gasteiger charge is 1.77. The maximum atomic E-state index is 9.62. The van der Waals surface area contributed by atoms with E-state index in [0.717, 1.165) is 6.08 Å². The highest BCUT2D eigenvalue weighted by Crippen LogP contribution is 1.70. The van der Waals surface area contributed by atoms with Crippen molar-refractivity contribution in [1.29, 1.82) is 5.26 Å². The van der Waals surface area contributed by atoms with Crippen LogP contribution < -0.4 is 0 Å². The number of nitriles is 1. The van der Waals surface area contributed by atoms with Crippen LogP contribution in [0.2, 0.25) is 0 Å². The smallest absolute Gasteiger partial charge is 0.328 e. The van der Waals surface area contributed by atoms with Crippen molar-refractivity contribution < 1.29 is 11.3 Å². The molecule has 0 fully saturated rings. The van der Waals surface area contributed by atoms with Gasteiger partial charge in [0.05, 0.1) is 6.07 Å². The Morgan fingerprint density at radius 2 is 2.09 bits per heavy atom. The molecule has 60 valence electrons. The number of carboxylic acids is 1. The van der Waals surface area contributed by atoms with Gasteiger partial charge in [-0.25, -0.2) is 4.79 Å². The molecule has 0 amide bonds. The average Bonchev–Trinajstić information content (AvgIpc) is 2.01. The second kappa shape index (κ2) is 11.0. The SMILES string of the molecule is C=CC#N.C=CC=CC(=O)O.[HH]. The van der Waals surface area contributed by atoms with Crippen LogP contribution in [-0.2, 0) is 4.79 Å². The minimum Gasteiger partial charge on any atom is -0.478 e. The van der Waals surface area contributed by atoms with E-state index < -0.39 is 5.97 Å². The molecule has 0 aliphatic heterocycles. The lowest BCUT2D eigenvalue weighted by Crippen LogP contribution is -1.83. The summed E-state index contributed by atoms with van der Waals surface area (Å²) in [5.74, 6) is -0.945. The molecule has 0 bridgehead atoms. The number of hydrogen-bond donors (Lipinski definition) is 1. The molecule has 0 unspecified atom stereocenters. The van der Waals surface area contributed by atoms with E-state index in [0.29, 0.717) is 0 Å². The lowest BCUT2D eigenvalue weighted by atomic mass is 10.5. The number of carbonyl (C=O) groups is 1. The van der Waals surface area contributed by atoms with Crippen molar-refractivity contribution in [3.05, 3.63) is 37.5 Å². The van der Waals surface area contributed by atoms with Gasteiger partial charge in [0.25, 0.3) is 0 Å². The van der Waals surface area contributed by atoms with E-state index >= 15 is 0 Å². The minimum atomic E-state index is -0.945. The van der Waals surface area contributed by atoms with Gasteiger partial charge >= 0.3 is 5.97 Å². The number of aliphatic carboxylic acids is 1. The van der Waals surface area contributed by atoms with Gasteiger partial charge in [-0.1, -0.05) is 25.3 Å². The fourth-order valence-electron chi connectivity index (χ4n) is 0.150. The Kier molecular flexibility index (Phi) is 12.0. The molecular formula is C8H11NO2. The summed E-state index contributed by atoms with van der Waals surface area (Å²) in [6.07, 6.45) is 4.98. The van der Waals surface area contributed by atoms with E-state index in [-0.39, 0.29) is 1.43 Å². The largest absolute Gasteiger partial charge is 0.478 e. The quantitative estimate of drug-likeness (QED) is 0.373. The third kappa shape index (κ3) is 30.9. The Hall–Kier alpha value is -1.82. The molecule has 3 nitrogen and oxygen atoms in total. The molecular weight excluding hydrogens is 142 g/mol. The molecule has 0 rings (SSSR count). The first kappa shape index (κ1) is 11.9. The molecule has 0 aromatic carbocycles. The van der Waals surface area contributed by atoms with Crippen LogP contribution in [0.25, 0.3) is 0 Å². The number of hydrogen-bond acceptors (Lipinski definition) is 2. The van der Waals surface area contributed by atoms with Crippen molar-refractivity contribution >= 4 is 5.97 Å². The van der Waals surface area contributed by atoms with Gasteiger partial charge in [0.2, 0.25) is 0 Å². The van der Waals surface area contributed by atoms with Crippen LogP contribution in [0.3, 0.4) is 0 Å². The van der Waals surface area contributed by atoms with E-state index in [2.05, 4.69) is 13.2 Å². The van der Waals surface area contributed by atoms with Crippen LogP contribution in [0.4, 0.5) is 0 Å². The zero-order valence-electron chi connectivity index (χ0n) is 6.03. The summed E-state index contributed by atoms with van der Waals surface area (Å²) in [5.41, 5.74) is 0. The maximum absolute atomic E-state index is 9.62. The first-order valence-corrected chi connectivity index (χ1v) is 2.71. The number of nitrogens with zero attached hydrogens (tertiary/aromatic N) is 1. The Morgan fingerprint density at radius 1 is 1.64 bits per heavy atom. The Bertz CT molecular complexity index is 204. The number of carboxylic acid groups (broad SMARTS) is 1. The van der Waals surface area contributed by atoms with Crippen molar-refractivity contribution in [2.45, 2.75) is 0 Å². The predicted octanol–water partition coefficient (Wildman–Crippen LogP) is 1.76. The molecule has 0 atom stereocenters. The van der Waals surface area contributed by atoms with Crippen molar-refractivity contribution in [1.82, 2.24) is 0 Å². The number of rotatable bonds is 2. The highest BCUT2D eigenvalue weighted by atomic mass is 16.4. The fourth-order valence-corrected chi connectivity index (χ4v) is 0.150. The molecule has 0 aliphatic carbocycles. The maximum Gasteiger partial charge on any atom is 0.328 e. The molecule has 0 aromatic heterocycles. The van der Waals surface area contributed by atoms with Crippen LogP contribution in [-0.4, -0.2) is 11.1 Å². The molecule has 0 saturated carbocycles. The lowest BCUT2D eigenvalue weighted by molar-refractivity contribution is -0.131. The third-order valence-corrected chi connectivity index (χ3v) is 0.466. The molecule has 0 radical (unpaired) electrons. The van der Waals surface area contributed by atoms with Crippen LogP contribution in [0.15, 0.2) is 37.5 Å².